The summed E-state index contributed by atoms with van der Waals surface area (Å²) in [5.74, 6) is 2.04. The standard InChI is InChI=1S/C8H16.C4H10.C2H5I.2C2H6O.C2H6.CH2O/c1-7-3-5-8(2)6-4-7;1-3-4-2;1-2-3;2*1-3-2;2*1-2/h7-8H,3-6H2,1-2H3;3-4H2,1-2H3;2H2,1H3;2*1-2H3;1-2H3;1H2. The van der Waals surface area contributed by atoms with Gasteiger partial charge in [-0.3, -0.25) is 0 Å². The summed E-state index contributed by atoms with van der Waals surface area (Å²) in [7, 11) is 6.50. The molecule has 0 heterocycles. The van der Waals surface area contributed by atoms with Crippen LogP contribution in [0.5, 0.6) is 0 Å². The molecule has 0 aliphatic heterocycles. The number of hydrogen-bond acceptors (Lipinski definition) is 3. The van der Waals surface area contributed by atoms with Crippen molar-refractivity contribution < 1.29 is 14.3 Å². The third-order valence-electron chi connectivity index (χ3n) is 2.80. The van der Waals surface area contributed by atoms with Crippen LogP contribution in [-0.2, 0) is 14.3 Å². The van der Waals surface area contributed by atoms with E-state index in [-0.39, 0.29) is 0 Å². The fraction of sp³-hybridized carbons (Fsp3) is 0.952. The second-order valence-electron chi connectivity index (χ2n) is 5.45. The lowest BCUT2D eigenvalue weighted by molar-refractivity contribution is -0.0979. The van der Waals surface area contributed by atoms with Gasteiger partial charge < -0.3 is 14.3 Å². The van der Waals surface area contributed by atoms with E-state index < -0.39 is 0 Å². The smallest absolute Gasteiger partial charge is 0.106 e. The van der Waals surface area contributed by atoms with Crippen LogP contribution in [0.15, 0.2) is 0 Å². The Morgan fingerprint density at radius 3 is 0.960 bits per heavy atom. The Kier molecular flexibility index (Phi) is 90.4. The molecule has 1 rings (SSSR count). The van der Waals surface area contributed by atoms with E-state index in [2.05, 4.69) is 66.7 Å². The first-order chi connectivity index (χ1) is 11.9. The van der Waals surface area contributed by atoms with Gasteiger partial charge in [-0.25, -0.2) is 0 Å². The average molecular weight is 479 g/mol. The third kappa shape index (κ3) is 94.5. The number of ether oxygens (including phenoxy) is 2. The predicted octanol–water partition coefficient (Wildman–Crippen LogP) is 7.45. The quantitative estimate of drug-likeness (QED) is 0.290. The van der Waals surface area contributed by atoms with Gasteiger partial charge in [0.15, 0.2) is 0 Å². The summed E-state index contributed by atoms with van der Waals surface area (Å²) in [5, 5.41) is 0. The highest BCUT2D eigenvalue weighted by Gasteiger charge is 2.13. The summed E-state index contributed by atoms with van der Waals surface area (Å²) >= 11 is 2.29. The van der Waals surface area contributed by atoms with Gasteiger partial charge in [0.2, 0.25) is 0 Å². The van der Waals surface area contributed by atoms with Crippen molar-refractivity contribution in [1.29, 1.82) is 0 Å². The Morgan fingerprint density at radius 1 is 0.760 bits per heavy atom. The first kappa shape index (κ1) is 40.1. The number of methoxy groups -OCH3 is 2. The molecular weight excluding hydrogens is 427 g/mol. The Labute approximate surface area is 175 Å². The van der Waals surface area contributed by atoms with E-state index in [0.29, 0.717) is 0 Å². The van der Waals surface area contributed by atoms with Gasteiger partial charge in [0.25, 0.3) is 0 Å². The molecule has 4 heteroatoms. The predicted molar refractivity (Wildman–Crippen MR) is 126 cm³/mol. The number of alkyl halides is 1. The Hall–Kier alpha value is 0.320. The Balaban J connectivity index is -0.0000000462. The maximum atomic E-state index is 8.00. The van der Waals surface area contributed by atoms with Crippen molar-refractivity contribution in [1.82, 2.24) is 0 Å². The second-order valence-corrected chi connectivity index (χ2v) is 6.97. The molecule has 25 heavy (non-hydrogen) atoms. The van der Waals surface area contributed by atoms with Crippen LogP contribution in [-0.4, -0.2) is 39.7 Å². The molecule has 0 radical (unpaired) electrons. The average Bonchev–Trinajstić information content (AvgIpc) is 2.63. The van der Waals surface area contributed by atoms with Crippen LogP contribution in [0.2, 0.25) is 0 Å². The van der Waals surface area contributed by atoms with E-state index in [1.807, 2.05) is 20.6 Å². The number of carbonyl (C=O) groups is 1. The monoisotopic (exact) mass is 478 g/mol. The number of rotatable bonds is 1. The molecule has 0 bridgehead atoms. The summed E-state index contributed by atoms with van der Waals surface area (Å²) in [6.45, 7) is 17.2. The van der Waals surface area contributed by atoms with Crippen molar-refractivity contribution in [2.45, 2.75) is 87.0 Å². The van der Waals surface area contributed by atoms with Crippen LogP contribution in [0.4, 0.5) is 0 Å². The van der Waals surface area contributed by atoms with Gasteiger partial charge in [-0.2, -0.15) is 0 Å². The third-order valence-corrected chi connectivity index (χ3v) is 2.80. The van der Waals surface area contributed by atoms with Crippen molar-refractivity contribution in [2.24, 2.45) is 11.8 Å². The van der Waals surface area contributed by atoms with Crippen LogP contribution in [0.25, 0.3) is 0 Å². The molecule has 3 nitrogen and oxygen atoms in total. The molecule has 0 amide bonds. The molecule has 0 aromatic carbocycles. The van der Waals surface area contributed by atoms with E-state index in [4.69, 9.17) is 4.79 Å². The van der Waals surface area contributed by atoms with Gasteiger partial charge in [0.05, 0.1) is 0 Å². The van der Waals surface area contributed by atoms with Crippen LogP contribution < -0.4 is 0 Å². The van der Waals surface area contributed by atoms with E-state index in [1.54, 1.807) is 28.4 Å². The first-order valence-corrected chi connectivity index (χ1v) is 11.1. The molecule has 160 valence electrons. The Morgan fingerprint density at radius 2 is 0.880 bits per heavy atom. The van der Waals surface area contributed by atoms with Gasteiger partial charge in [-0.15, -0.1) is 0 Å². The zero-order chi connectivity index (χ0) is 21.5. The van der Waals surface area contributed by atoms with Crippen LogP contribution in [0.1, 0.15) is 87.0 Å². The Bertz CT molecular complexity index is 122. The van der Waals surface area contributed by atoms with E-state index >= 15 is 0 Å². The molecule has 1 saturated carbocycles. The minimum absolute atomic E-state index is 1.02. The fourth-order valence-electron chi connectivity index (χ4n) is 1.43. The number of unbranched alkanes of at least 4 members (excludes halogenated alkanes) is 1. The van der Waals surface area contributed by atoms with E-state index in [9.17, 15) is 0 Å². The number of carbonyl (C=O) groups excluding carboxylic acids is 1. The van der Waals surface area contributed by atoms with Gasteiger partial charge in [-0.05, 0) is 16.3 Å². The highest BCUT2D eigenvalue weighted by atomic mass is 127. The van der Waals surface area contributed by atoms with Crippen molar-refractivity contribution in [3.8, 4) is 0 Å². The van der Waals surface area contributed by atoms with Gasteiger partial charge in [0, 0.05) is 28.4 Å². The lowest BCUT2D eigenvalue weighted by atomic mass is 9.84. The summed E-state index contributed by atoms with van der Waals surface area (Å²) in [4.78, 5) is 8.00. The summed E-state index contributed by atoms with van der Waals surface area (Å²) in [5.41, 5.74) is 0. The molecule has 1 aliphatic rings. The largest absolute Gasteiger partial charge is 0.388 e. The van der Waals surface area contributed by atoms with Gasteiger partial charge >= 0.3 is 0 Å². The van der Waals surface area contributed by atoms with Gasteiger partial charge in [0.1, 0.15) is 6.79 Å². The normalized spacial score (nSPS) is 16.5. The molecule has 0 aromatic heterocycles. The summed E-state index contributed by atoms with van der Waals surface area (Å²) in [6, 6.07) is 0. The molecule has 0 N–H and O–H groups in total. The molecule has 0 spiro atoms. The summed E-state index contributed by atoms with van der Waals surface area (Å²) in [6.07, 6.45) is 8.53. The number of halogens is 1. The molecule has 0 atom stereocenters. The van der Waals surface area contributed by atoms with Crippen molar-refractivity contribution >= 4 is 29.4 Å². The van der Waals surface area contributed by atoms with Crippen LogP contribution >= 0.6 is 22.6 Å². The highest BCUT2D eigenvalue weighted by molar-refractivity contribution is 14.1. The SMILES string of the molecule is C=O.CC.CC1CCC(C)CC1.CCCC.CCI.COC.COC. The topological polar surface area (TPSA) is 35.5 Å². The van der Waals surface area contributed by atoms with Gasteiger partial charge in [-0.1, -0.05) is 110 Å². The maximum Gasteiger partial charge on any atom is 0.106 e. The zero-order valence-electron chi connectivity index (χ0n) is 19.4. The molecule has 0 saturated heterocycles. The lowest BCUT2D eigenvalue weighted by Crippen LogP contribution is -2.08. The molecule has 0 unspecified atom stereocenters. The maximum absolute atomic E-state index is 8.00. The summed E-state index contributed by atoms with van der Waals surface area (Å²) < 4.78 is 9.72. The molecular formula is C21H51IO3. The molecule has 1 fully saturated rings. The van der Waals surface area contributed by atoms with E-state index in [0.717, 1.165) is 11.8 Å². The minimum Gasteiger partial charge on any atom is -0.388 e. The lowest BCUT2D eigenvalue weighted by Gasteiger charge is -2.22. The van der Waals surface area contributed by atoms with Crippen molar-refractivity contribution in [3.05, 3.63) is 0 Å². The zero-order valence-corrected chi connectivity index (χ0v) is 21.6. The van der Waals surface area contributed by atoms with Crippen molar-refractivity contribution in [3.63, 3.8) is 0 Å². The van der Waals surface area contributed by atoms with Crippen LogP contribution in [0, 0.1) is 11.8 Å². The fourth-order valence-corrected chi connectivity index (χ4v) is 1.43. The highest BCUT2D eigenvalue weighted by Crippen LogP contribution is 2.27. The minimum atomic E-state index is 1.02. The first-order valence-electron chi connectivity index (χ1n) is 9.60. The van der Waals surface area contributed by atoms with Crippen LogP contribution in [0.3, 0.4) is 0 Å². The number of hydrogen-bond donors (Lipinski definition) is 0. The van der Waals surface area contributed by atoms with E-state index in [1.165, 1.54) is 43.0 Å². The molecule has 0 aromatic rings. The molecule has 1 aliphatic carbocycles. The second kappa shape index (κ2) is 56.4. The van der Waals surface area contributed by atoms with Crippen molar-refractivity contribution in [2.75, 3.05) is 32.9 Å².